The monoisotopic (exact) mass is 394 g/mol. The van der Waals surface area contributed by atoms with Crippen LogP contribution in [-0.4, -0.2) is 14.9 Å². The van der Waals surface area contributed by atoms with Crippen LogP contribution in [0.3, 0.4) is 0 Å². The van der Waals surface area contributed by atoms with Crippen LogP contribution in [0.4, 0.5) is 15.9 Å². The summed E-state index contributed by atoms with van der Waals surface area (Å²) >= 11 is 17.2. The maximum Gasteiger partial charge on any atom is 0.176 e. The molecule has 3 rings (SSSR count). The van der Waals surface area contributed by atoms with Crippen molar-refractivity contribution >= 4 is 52.0 Å². The molecule has 0 fully saturated rings. The summed E-state index contributed by atoms with van der Waals surface area (Å²) in [7, 11) is 0. The fourth-order valence-electron chi connectivity index (χ4n) is 2.15. The number of nitrogens with one attached hydrogen (secondary N) is 2. The Bertz CT molecular complexity index is 896. The smallest absolute Gasteiger partial charge is 0.176 e. The Labute approximate surface area is 159 Å². The molecule has 1 aromatic heterocycles. The Morgan fingerprint density at radius 1 is 1.04 bits per heavy atom. The minimum atomic E-state index is -0.300. The molecular weight excluding hydrogens is 382 g/mol. The van der Waals surface area contributed by atoms with Crippen molar-refractivity contribution in [3.05, 3.63) is 76.2 Å². The van der Waals surface area contributed by atoms with Gasteiger partial charge in [-0.3, -0.25) is 4.68 Å². The fourth-order valence-corrected chi connectivity index (χ4v) is 2.70. The van der Waals surface area contributed by atoms with E-state index in [1.54, 1.807) is 35.0 Å². The molecule has 0 aliphatic carbocycles. The van der Waals surface area contributed by atoms with Gasteiger partial charge in [0.15, 0.2) is 10.9 Å². The van der Waals surface area contributed by atoms with E-state index in [2.05, 4.69) is 15.7 Å². The van der Waals surface area contributed by atoms with Crippen LogP contribution in [0, 0.1) is 5.82 Å². The van der Waals surface area contributed by atoms with Crippen LogP contribution < -0.4 is 10.6 Å². The van der Waals surface area contributed by atoms with E-state index in [4.69, 9.17) is 35.4 Å². The van der Waals surface area contributed by atoms with Gasteiger partial charge in [0.1, 0.15) is 5.82 Å². The van der Waals surface area contributed by atoms with Crippen LogP contribution in [0.2, 0.25) is 10.0 Å². The summed E-state index contributed by atoms with van der Waals surface area (Å²) < 4.78 is 14.6. The molecule has 3 aromatic rings. The number of rotatable bonds is 4. The van der Waals surface area contributed by atoms with Crippen LogP contribution in [-0.2, 0) is 6.54 Å². The van der Waals surface area contributed by atoms with Crippen LogP contribution in [0.25, 0.3) is 0 Å². The van der Waals surface area contributed by atoms with Gasteiger partial charge in [0.25, 0.3) is 0 Å². The molecule has 0 amide bonds. The van der Waals surface area contributed by atoms with Gasteiger partial charge in [-0.25, -0.2) is 4.39 Å². The average molecular weight is 395 g/mol. The Kier molecular flexibility index (Phi) is 5.53. The molecule has 0 atom stereocenters. The number of thiocarbonyl (C=S) groups is 1. The lowest BCUT2D eigenvalue weighted by Crippen LogP contribution is -2.19. The number of halogens is 3. The van der Waals surface area contributed by atoms with Gasteiger partial charge in [-0.2, -0.15) is 5.10 Å². The molecule has 0 spiro atoms. The van der Waals surface area contributed by atoms with Gasteiger partial charge >= 0.3 is 0 Å². The molecule has 25 heavy (non-hydrogen) atoms. The standard InChI is InChI=1S/C17H13Cl2FN4S/c18-14-6-1-11(9-15(14)19)10-24-8-7-16(23-24)22-17(25)21-13-4-2-12(20)3-5-13/h1-9H,10H2,(H2,21,22,23,25). The molecule has 0 aliphatic rings. The lowest BCUT2D eigenvalue weighted by molar-refractivity contribution is 0.628. The minimum absolute atomic E-state index is 0.300. The summed E-state index contributed by atoms with van der Waals surface area (Å²) in [6, 6.07) is 13.2. The van der Waals surface area contributed by atoms with E-state index in [9.17, 15) is 4.39 Å². The highest BCUT2D eigenvalue weighted by atomic mass is 35.5. The maximum atomic E-state index is 12.9. The number of hydrogen-bond acceptors (Lipinski definition) is 2. The van der Waals surface area contributed by atoms with E-state index < -0.39 is 0 Å². The summed E-state index contributed by atoms with van der Waals surface area (Å²) in [6.45, 7) is 0.552. The second-order valence-corrected chi connectivity index (χ2v) is 6.46. The zero-order chi connectivity index (χ0) is 17.8. The highest BCUT2D eigenvalue weighted by Crippen LogP contribution is 2.23. The topological polar surface area (TPSA) is 41.9 Å². The Hall–Kier alpha value is -2.15. The van der Waals surface area contributed by atoms with E-state index in [-0.39, 0.29) is 5.82 Å². The van der Waals surface area contributed by atoms with Gasteiger partial charge in [0.05, 0.1) is 16.6 Å². The van der Waals surface area contributed by atoms with Crippen LogP contribution in [0.5, 0.6) is 0 Å². The highest BCUT2D eigenvalue weighted by Gasteiger charge is 2.05. The zero-order valence-corrected chi connectivity index (χ0v) is 15.2. The van der Waals surface area contributed by atoms with Crippen molar-refractivity contribution in [2.45, 2.75) is 6.54 Å². The van der Waals surface area contributed by atoms with Crippen LogP contribution >= 0.6 is 35.4 Å². The van der Waals surface area contributed by atoms with Gasteiger partial charge in [-0.15, -0.1) is 0 Å². The van der Waals surface area contributed by atoms with E-state index in [0.717, 1.165) is 5.56 Å². The SMILES string of the molecule is Fc1ccc(NC(=S)Nc2ccn(Cc3ccc(Cl)c(Cl)c3)n2)cc1. The number of anilines is 2. The molecule has 0 bridgehead atoms. The van der Waals surface area contributed by atoms with Crippen molar-refractivity contribution in [2.24, 2.45) is 0 Å². The van der Waals surface area contributed by atoms with Crippen molar-refractivity contribution in [3.63, 3.8) is 0 Å². The predicted molar refractivity (Wildman–Crippen MR) is 104 cm³/mol. The number of nitrogens with zero attached hydrogens (tertiary/aromatic N) is 2. The Balaban J connectivity index is 1.60. The molecule has 8 heteroatoms. The largest absolute Gasteiger partial charge is 0.332 e. The lowest BCUT2D eigenvalue weighted by atomic mass is 10.2. The maximum absolute atomic E-state index is 12.9. The molecule has 1 heterocycles. The van der Waals surface area contributed by atoms with E-state index in [0.29, 0.717) is 33.2 Å². The number of hydrogen-bond donors (Lipinski definition) is 2. The molecular formula is C17H13Cl2FN4S. The first kappa shape index (κ1) is 17.7. The van der Waals surface area contributed by atoms with Crippen LogP contribution in [0.15, 0.2) is 54.7 Å². The van der Waals surface area contributed by atoms with Crippen molar-refractivity contribution in [3.8, 4) is 0 Å². The molecule has 0 saturated heterocycles. The molecule has 0 radical (unpaired) electrons. The summed E-state index contributed by atoms with van der Waals surface area (Å²) in [5.74, 6) is 0.296. The summed E-state index contributed by atoms with van der Waals surface area (Å²) in [4.78, 5) is 0. The van der Waals surface area contributed by atoms with Crippen molar-refractivity contribution in [1.29, 1.82) is 0 Å². The first-order valence-electron chi connectivity index (χ1n) is 7.30. The highest BCUT2D eigenvalue weighted by molar-refractivity contribution is 7.80. The van der Waals surface area contributed by atoms with Gasteiger partial charge in [-0.05, 0) is 54.2 Å². The Morgan fingerprint density at radius 3 is 2.52 bits per heavy atom. The minimum Gasteiger partial charge on any atom is -0.332 e. The van der Waals surface area contributed by atoms with Gasteiger partial charge in [0.2, 0.25) is 0 Å². The first-order chi connectivity index (χ1) is 12.0. The average Bonchev–Trinajstić information content (AvgIpc) is 3.00. The van der Waals surface area contributed by atoms with Crippen molar-refractivity contribution in [1.82, 2.24) is 9.78 Å². The fraction of sp³-hybridized carbons (Fsp3) is 0.0588. The van der Waals surface area contributed by atoms with Crippen molar-refractivity contribution in [2.75, 3.05) is 10.6 Å². The lowest BCUT2D eigenvalue weighted by Gasteiger charge is -2.08. The zero-order valence-electron chi connectivity index (χ0n) is 12.8. The van der Waals surface area contributed by atoms with E-state index in [1.807, 2.05) is 12.3 Å². The summed E-state index contributed by atoms with van der Waals surface area (Å²) in [6.07, 6.45) is 1.82. The third-order valence-corrected chi connectivity index (χ3v) is 4.26. The van der Waals surface area contributed by atoms with Gasteiger partial charge < -0.3 is 10.6 Å². The molecule has 128 valence electrons. The number of benzene rings is 2. The molecule has 4 nitrogen and oxygen atoms in total. The second-order valence-electron chi connectivity index (χ2n) is 5.23. The molecule has 2 N–H and O–H groups in total. The summed E-state index contributed by atoms with van der Waals surface area (Å²) in [5.41, 5.74) is 1.67. The molecule has 0 unspecified atom stereocenters. The predicted octanol–water partition coefficient (Wildman–Crippen LogP) is 5.19. The quantitative estimate of drug-likeness (QED) is 0.597. The molecule has 0 saturated carbocycles. The van der Waals surface area contributed by atoms with Crippen LogP contribution in [0.1, 0.15) is 5.56 Å². The molecule has 2 aromatic carbocycles. The molecule has 0 aliphatic heterocycles. The normalized spacial score (nSPS) is 10.5. The van der Waals surface area contributed by atoms with Crippen molar-refractivity contribution < 1.29 is 4.39 Å². The number of aromatic nitrogens is 2. The Morgan fingerprint density at radius 2 is 1.80 bits per heavy atom. The first-order valence-corrected chi connectivity index (χ1v) is 8.47. The summed E-state index contributed by atoms with van der Waals surface area (Å²) in [5, 5.41) is 11.7. The van der Waals surface area contributed by atoms with Gasteiger partial charge in [-0.1, -0.05) is 29.3 Å². The second kappa shape index (κ2) is 7.82. The van der Waals surface area contributed by atoms with E-state index in [1.165, 1.54) is 12.1 Å². The van der Waals surface area contributed by atoms with E-state index >= 15 is 0 Å². The third kappa shape index (κ3) is 4.92. The third-order valence-electron chi connectivity index (χ3n) is 3.31. The van der Waals surface area contributed by atoms with Gasteiger partial charge in [0, 0.05) is 18.0 Å².